The number of amides is 24. The summed E-state index contributed by atoms with van der Waals surface area (Å²) in [4.78, 5) is 232. The van der Waals surface area contributed by atoms with Gasteiger partial charge in [0.2, 0.25) is 0 Å². The zero-order chi connectivity index (χ0) is 89.2. The molecule has 52 nitrogen and oxygen atoms in total. The molecule has 0 atom stereocenters. The van der Waals surface area contributed by atoms with Crippen molar-refractivity contribution in [2.45, 2.75) is 70.2 Å². The van der Waals surface area contributed by atoms with Crippen molar-refractivity contribution in [1.82, 2.24) is 118 Å². The molecule has 24 amide bonds. The number of ether oxygens (including phenoxy) is 12. The topological polar surface area (TPSA) is 474 Å². The number of nitrogens with zero attached hydrogens (tertiary/aromatic N) is 24. The van der Waals surface area contributed by atoms with Gasteiger partial charge in [0.05, 0.1) is 79.3 Å². The molecule has 18 saturated heterocycles. The maximum absolute atomic E-state index is 17.5. The molecule has 18 rings (SSSR count). The largest absolute Gasteiger partial charge is 1.00 e. The van der Waals surface area contributed by atoms with Crippen molar-refractivity contribution in [2.24, 2.45) is 0 Å². The van der Waals surface area contributed by atoms with Crippen LogP contribution in [-0.2, 0) is 67.2 Å². The fourth-order valence-electron chi connectivity index (χ4n) is 21.4. The zero-order valence-corrected chi connectivity index (χ0v) is 76.0. The van der Waals surface area contributed by atoms with Gasteiger partial charge < -0.3 is 65.9 Å². The number of hydrogen-bond donors (Lipinski definition) is 0. The van der Waals surface area contributed by atoms with Gasteiger partial charge in [-0.3, -0.25) is 126 Å². The Labute approximate surface area is 808 Å². The third-order valence-corrected chi connectivity index (χ3v) is 25.1. The van der Waals surface area contributed by atoms with Crippen LogP contribution in [0.2, 0.25) is 0 Å². The van der Waals surface area contributed by atoms with Gasteiger partial charge in [0.25, 0.3) is 0 Å². The Morgan fingerprint density at radius 2 is 0.244 bits per heavy atom. The molecular formula is C72H84K2N24O28S. The van der Waals surface area contributed by atoms with E-state index in [0.717, 1.165) is 118 Å². The number of hydrogen-bond acceptors (Lipinski definition) is 28. The first-order valence-corrected chi connectivity index (χ1v) is 40.0. The second-order valence-electron chi connectivity index (χ2n) is 30.3. The van der Waals surface area contributed by atoms with Crippen LogP contribution in [0.5, 0.6) is 0 Å². The molecule has 0 N–H and O–H groups in total. The Kier molecular flexibility index (Phi) is 22.2. The second kappa shape index (κ2) is 31.0. The summed E-state index contributed by atoms with van der Waals surface area (Å²) in [6.07, 6.45) is 14.9. The van der Waals surface area contributed by atoms with Gasteiger partial charge in [-0.25, -0.2) is 57.5 Å². The Hall–Kier alpha value is -9.22. The predicted molar refractivity (Wildman–Crippen MR) is 404 cm³/mol. The van der Waals surface area contributed by atoms with Crippen molar-refractivity contribution < 1.29 is 235 Å². The minimum Gasteiger partial charge on any atom is -0.759 e. The van der Waals surface area contributed by atoms with Gasteiger partial charge in [-0.2, -0.15) is 0 Å². The third-order valence-electron chi connectivity index (χ3n) is 25.1. The number of carbonyl (C=O) groups is 12. The quantitative estimate of drug-likeness (QED) is 0.0244. The summed E-state index contributed by atoms with van der Waals surface area (Å²) in [7, 11) is -5.17. The molecule has 18 heterocycles. The minimum atomic E-state index is -5.17. The molecule has 55 heteroatoms. The molecule has 0 aromatic carbocycles. The van der Waals surface area contributed by atoms with E-state index in [1.54, 1.807) is 0 Å². The Morgan fingerprint density at radius 1 is 0.189 bits per heavy atom. The molecule has 0 unspecified atom stereocenters. The van der Waals surface area contributed by atoms with E-state index < -0.39 is 312 Å². The summed E-state index contributed by atoms with van der Waals surface area (Å²) in [5, 5.41) is 0. The van der Waals surface area contributed by atoms with Crippen LogP contribution in [0.4, 0.5) is 57.5 Å². The number of urea groups is 12. The van der Waals surface area contributed by atoms with E-state index in [-0.39, 0.29) is 103 Å². The van der Waals surface area contributed by atoms with Crippen molar-refractivity contribution in [3.8, 4) is 0 Å². The number of carbonyl (C=O) groups excluding carboxylic acids is 12. The molecule has 0 aromatic rings. The smallest absolute Gasteiger partial charge is 0.759 e. The summed E-state index contributed by atoms with van der Waals surface area (Å²) in [5.41, 5.74) is 0. The van der Waals surface area contributed by atoms with Crippen LogP contribution in [-0.4, -0.2) is 437 Å². The summed E-state index contributed by atoms with van der Waals surface area (Å²) < 4.78 is 119. The Bertz CT molecular complexity index is 3890. The van der Waals surface area contributed by atoms with Gasteiger partial charge in [-0.15, -0.1) is 78.9 Å². The summed E-state index contributed by atoms with van der Waals surface area (Å²) in [6.45, 7) is 24.5. The van der Waals surface area contributed by atoms with Gasteiger partial charge in [-0.1, -0.05) is 72.9 Å². The first-order chi connectivity index (χ1) is 59.9. The summed E-state index contributed by atoms with van der Waals surface area (Å²) in [6, 6.07) is -15.4. The molecule has 18 fully saturated rings. The van der Waals surface area contributed by atoms with E-state index in [4.69, 9.17) is 74.4 Å². The van der Waals surface area contributed by atoms with Gasteiger partial charge in [0, 0.05) is 10.4 Å². The molecule has 0 spiro atoms. The van der Waals surface area contributed by atoms with Crippen molar-refractivity contribution in [3.63, 3.8) is 0 Å². The Morgan fingerprint density at radius 3 is 0.291 bits per heavy atom. The van der Waals surface area contributed by atoms with Crippen molar-refractivity contribution in [3.05, 3.63) is 152 Å². The van der Waals surface area contributed by atoms with E-state index in [0.29, 0.717) is 0 Å². The number of rotatable bonds is 36. The SMILES string of the molecule is C=CCOC12N3CN4C(=O)N5CN6C(=O)N7CN8C(=O)N9CN%10C(=O)N%11CN%12C(=O)N%13CN(C3=O)C1(OCC=C)N1CN3C(=O)N(CN%14C(=O)N(CN%15C(=O)N(CN%16C(=O)N(CN%17C(=O)N(CN2C1=O)C4(OCC=C)C5%17OCC=C)C6(OCC=C)C7%16OCC=C)C8(OCC=C)C9%15OCC=C)C%10(OCC=C)C%11%14OCC=C)C%12(OCC=C)C%133OCC=C.O=S(=O)([O-])[O-].[K+].[K+]. The van der Waals surface area contributed by atoms with Crippen LogP contribution >= 0.6 is 0 Å². The molecule has 18 aliphatic rings. The minimum absolute atomic E-state index is 0. The van der Waals surface area contributed by atoms with Crippen LogP contribution in [0.25, 0.3) is 0 Å². The fourth-order valence-corrected chi connectivity index (χ4v) is 21.4. The van der Waals surface area contributed by atoms with Crippen LogP contribution in [0.3, 0.4) is 0 Å². The maximum Gasteiger partial charge on any atom is 1.00 e. The molecule has 0 bridgehead atoms. The van der Waals surface area contributed by atoms with Crippen LogP contribution in [0.1, 0.15) is 0 Å². The normalized spacial score (nSPS) is 34.5. The van der Waals surface area contributed by atoms with Gasteiger partial charge in [-0.05, 0) is 0 Å². The fraction of sp³-hybridized carbons (Fsp3) is 0.500. The van der Waals surface area contributed by atoms with Gasteiger partial charge in [0.1, 0.15) is 80.0 Å². The average Bonchev–Trinajstić information content (AvgIpc) is 1.45. The van der Waals surface area contributed by atoms with Crippen LogP contribution in [0, 0.1) is 0 Å². The molecular weight excluding hydrogens is 1760 g/mol. The first kappa shape index (κ1) is 91.1. The molecule has 0 aromatic heterocycles. The molecule has 127 heavy (non-hydrogen) atoms. The summed E-state index contributed by atoms with van der Waals surface area (Å²) in [5.74, 6) is -35.7. The predicted octanol–water partition coefficient (Wildman–Crippen LogP) is -6.63. The molecule has 0 radical (unpaired) electrons. The van der Waals surface area contributed by atoms with Crippen LogP contribution in [0.15, 0.2) is 152 Å². The average molecular weight is 1840 g/mol. The van der Waals surface area contributed by atoms with E-state index in [1.165, 1.54) is 72.9 Å². The monoisotopic (exact) mass is 1840 g/mol. The standard InChI is InChI=1S/C72H84N24O24.2K.H2O4S/c1-13-25-109-61-62(110-26-14-2)75-39-79-53(101)83-43-87-57(105)91-47-95-59(107)93-45-89-55(103)85-41-81-51(99)77(37-73(61)49(75)97)63(111-27-15-3)64(81,112-28-16-4)82-42-86-56(104)90(68(89,116-32-20-8)67(85,86)115-31-19-7)46-94-60(108)96(72(95,120-36-24-12)71(93,94)119-35-23-11)48-92-58(106)88(69(87,117-33-21-9)70(91,92)118-34-22-10)44-84-54(102)80(40-76(62)50(98)74(61)38-78(63)52(82)100)65(79,113-29-17-5)66(83,84)114-30-18-6;;;1-5(2,3)4/h13-24H,1-12,25-48H2;;;(H2,1,2,3,4)/q;2*+1;/p-2. The zero-order valence-electron chi connectivity index (χ0n) is 69.0. The van der Waals surface area contributed by atoms with E-state index >= 15 is 57.5 Å². The molecule has 668 valence electrons. The van der Waals surface area contributed by atoms with Crippen molar-refractivity contribution in [1.29, 1.82) is 0 Å². The second-order valence-corrected chi connectivity index (χ2v) is 31.1. The molecule has 0 saturated carbocycles. The Balaban J connectivity index is 0.00000165. The van der Waals surface area contributed by atoms with E-state index in [2.05, 4.69) is 78.9 Å². The first-order valence-electron chi connectivity index (χ1n) is 38.7. The maximum atomic E-state index is 17.5. The molecule has 0 aliphatic carbocycles. The van der Waals surface area contributed by atoms with Gasteiger partial charge >= 0.3 is 245 Å². The molecule has 18 aliphatic heterocycles. The van der Waals surface area contributed by atoms with Crippen molar-refractivity contribution in [2.75, 3.05) is 159 Å². The van der Waals surface area contributed by atoms with Crippen LogP contribution < -0.4 is 103 Å². The summed E-state index contributed by atoms with van der Waals surface area (Å²) >= 11 is 0. The van der Waals surface area contributed by atoms with Crippen molar-refractivity contribution >= 4 is 82.8 Å². The van der Waals surface area contributed by atoms with E-state index in [1.807, 2.05) is 0 Å². The third kappa shape index (κ3) is 9.97. The van der Waals surface area contributed by atoms with Gasteiger partial charge in [0.15, 0.2) is 0 Å². The van der Waals surface area contributed by atoms with E-state index in [9.17, 15) is 0 Å².